The van der Waals surface area contributed by atoms with E-state index in [2.05, 4.69) is 40.6 Å². The van der Waals surface area contributed by atoms with E-state index in [4.69, 9.17) is 15.6 Å². The van der Waals surface area contributed by atoms with E-state index in [1.54, 1.807) is 21.6 Å². The van der Waals surface area contributed by atoms with Gasteiger partial charge in [-0.2, -0.15) is 15.4 Å². The van der Waals surface area contributed by atoms with Gasteiger partial charge in [0.1, 0.15) is 11.0 Å². The maximum Gasteiger partial charge on any atom is 0.402 e. The zero-order valence-electron chi connectivity index (χ0n) is 23.5. The Kier molecular flexibility index (Phi) is 38.8. The molecule has 7 nitrogen and oxygen atoms in total. The number of nitrogens with one attached hydrogen (secondary N) is 1. The number of benzene rings is 1. The molecule has 0 spiro atoms. The van der Waals surface area contributed by atoms with Gasteiger partial charge < -0.3 is 16.6 Å². The fourth-order valence-corrected chi connectivity index (χ4v) is 3.48. The fraction of sp³-hybridized carbons (Fsp3) is 0.741. The molecule has 10 heteroatoms. The summed E-state index contributed by atoms with van der Waals surface area (Å²) in [6.07, 6.45) is 25.6. The number of carbonyl (C=O) groups is 1. The Hall–Kier alpha value is -0.762. The zero-order chi connectivity index (χ0) is 27.1. The second kappa shape index (κ2) is 35.2. The van der Waals surface area contributed by atoms with Gasteiger partial charge in [-0.05, 0) is 37.6 Å². The first-order valence-corrected chi connectivity index (χ1v) is 16.5. The van der Waals surface area contributed by atoms with Gasteiger partial charge in [-0.3, -0.25) is 0 Å². The van der Waals surface area contributed by atoms with E-state index in [1.807, 2.05) is 24.3 Å². The van der Waals surface area contributed by atoms with Gasteiger partial charge in [0.05, 0.1) is 0 Å². The predicted molar refractivity (Wildman–Crippen MR) is 162 cm³/mol. The quantitative estimate of drug-likeness (QED) is 0.0776. The van der Waals surface area contributed by atoms with Crippen LogP contribution in [0.2, 0.25) is 0 Å². The number of unbranched alkanes of at least 4 members (excludes halogenated alkanes) is 15. The maximum atomic E-state index is 8.78. The maximum absolute atomic E-state index is 8.78. The summed E-state index contributed by atoms with van der Waals surface area (Å²) in [7, 11) is 3.55. The molecule has 6 N–H and O–H groups in total. The molecule has 1 amide bonds. The van der Waals surface area contributed by atoms with E-state index in [0.29, 0.717) is 0 Å². The van der Waals surface area contributed by atoms with E-state index < -0.39 is 6.09 Å². The summed E-state index contributed by atoms with van der Waals surface area (Å²) in [6, 6.07) is 7.70. The third kappa shape index (κ3) is 35.2. The standard InChI is InChI=1S/C18H39N.C6H5N3.C2H6S2.CH3NO2.Mo/c1-2-3-4-5-6-7-8-9-10-11-12-13-14-15-16-17-18-19;1-2-4-6-5(3-1)7-9-8-6;1-3-4-2;2-1(3)4;/h2-19H2,1H3;1-4H,(H,7,8,9);1-2H3;2H2,(H,3,4);. The summed E-state index contributed by atoms with van der Waals surface area (Å²) in [6.45, 7) is 3.16. The summed E-state index contributed by atoms with van der Waals surface area (Å²) in [5.41, 5.74) is 11.3. The van der Waals surface area contributed by atoms with Crippen LogP contribution in [0.1, 0.15) is 110 Å². The number of nitrogens with two attached hydrogens (primary N) is 2. The van der Waals surface area contributed by atoms with Crippen molar-refractivity contribution in [1.82, 2.24) is 15.4 Å². The number of amides is 1. The number of nitrogens with zero attached hydrogens (tertiary/aromatic N) is 2. The van der Waals surface area contributed by atoms with Crippen LogP contribution >= 0.6 is 21.6 Å². The van der Waals surface area contributed by atoms with Gasteiger partial charge in [-0.1, -0.05) is 137 Å². The van der Waals surface area contributed by atoms with Crippen LogP contribution in [0.5, 0.6) is 0 Å². The largest absolute Gasteiger partial charge is 0.465 e. The summed E-state index contributed by atoms with van der Waals surface area (Å²) in [5, 5.41) is 17.5. The van der Waals surface area contributed by atoms with Crippen molar-refractivity contribution in [2.75, 3.05) is 19.1 Å². The molecule has 216 valence electrons. The van der Waals surface area contributed by atoms with Crippen LogP contribution in [-0.4, -0.2) is 45.7 Å². The number of rotatable bonds is 17. The normalized spacial score (nSPS) is 9.62. The fourth-order valence-electron chi connectivity index (χ4n) is 3.48. The van der Waals surface area contributed by atoms with Gasteiger partial charge in [0, 0.05) is 21.1 Å². The third-order valence-corrected chi connectivity index (χ3v) is 6.78. The molecule has 37 heavy (non-hydrogen) atoms. The minimum Gasteiger partial charge on any atom is -0.465 e. The summed E-state index contributed by atoms with van der Waals surface area (Å²) in [4.78, 5) is 8.78. The van der Waals surface area contributed by atoms with Crippen molar-refractivity contribution in [2.24, 2.45) is 11.5 Å². The van der Waals surface area contributed by atoms with Crippen molar-refractivity contribution in [3.05, 3.63) is 24.3 Å². The van der Waals surface area contributed by atoms with E-state index in [9.17, 15) is 0 Å². The number of para-hydroxylation sites is 2. The van der Waals surface area contributed by atoms with E-state index >= 15 is 0 Å². The summed E-state index contributed by atoms with van der Waals surface area (Å²) in [5.74, 6) is 0. The van der Waals surface area contributed by atoms with Gasteiger partial charge >= 0.3 is 6.09 Å². The van der Waals surface area contributed by atoms with Gasteiger partial charge in [-0.15, -0.1) is 0 Å². The van der Waals surface area contributed by atoms with Gasteiger partial charge in [0.2, 0.25) is 0 Å². The number of primary amides is 1. The minimum atomic E-state index is -1.33. The molecule has 1 heterocycles. The monoisotopic (exact) mass is 641 g/mol. The Balaban J connectivity index is -0.000000523. The number of H-pyrrole nitrogens is 1. The van der Waals surface area contributed by atoms with Crippen LogP contribution in [0.15, 0.2) is 24.3 Å². The van der Waals surface area contributed by atoms with Crippen molar-refractivity contribution in [3.8, 4) is 0 Å². The van der Waals surface area contributed by atoms with Gasteiger partial charge in [0.25, 0.3) is 0 Å². The van der Waals surface area contributed by atoms with Crippen LogP contribution in [0, 0.1) is 0 Å². The van der Waals surface area contributed by atoms with Crippen LogP contribution in [0.25, 0.3) is 11.0 Å². The summed E-state index contributed by atoms with van der Waals surface area (Å²) >= 11 is 0. The average molecular weight is 640 g/mol. The minimum absolute atomic E-state index is 0. The van der Waals surface area contributed by atoms with E-state index in [1.165, 1.54) is 103 Å². The Morgan fingerprint density at radius 2 is 1.05 bits per heavy atom. The molecule has 0 atom stereocenters. The van der Waals surface area contributed by atoms with Crippen LogP contribution < -0.4 is 11.5 Å². The van der Waals surface area contributed by atoms with Crippen molar-refractivity contribution in [3.63, 3.8) is 0 Å². The molecule has 1 aromatic carbocycles. The second-order valence-electron chi connectivity index (χ2n) is 8.58. The molecule has 0 aliphatic carbocycles. The Morgan fingerprint density at radius 1 is 0.757 bits per heavy atom. The van der Waals surface area contributed by atoms with E-state index in [-0.39, 0.29) is 21.1 Å². The van der Waals surface area contributed by atoms with Crippen LogP contribution in [0.3, 0.4) is 0 Å². The molecule has 0 fully saturated rings. The molecule has 0 aliphatic heterocycles. The number of carboxylic acid groups (broad SMARTS) is 1. The predicted octanol–water partition coefficient (Wildman–Crippen LogP) is 8.41. The Bertz CT molecular complexity index is 643. The van der Waals surface area contributed by atoms with Crippen molar-refractivity contribution >= 4 is 38.7 Å². The molecule has 0 saturated carbocycles. The Morgan fingerprint density at radius 3 is 1.32 bits per heavy atom. The number of hydrogen-bond acceptors (Lipinski definition) is 6. The number of hydrogen-bond donors (Lipinski definition) is 4. The molecule has 2 aromatic rings. The summed E-state index contributed by atoms with van der Waals surface area (Å²) < 4.78 is 0. The van der Waals surface area contributed by atoms with Crippen molar-refractivity contribution < 1.29 is 31.0 Å². The smallest absolute Gasteiger partial charge is 0.402 e. The SMILES string of the molecule is CCCCCCCCCCCCCCCCCCN.CSSC.NC(=O)O.[Mo].c1ccc2n[nH]nc2c1. The van der Waals surface area contributed by atoms with Crippen LogP contribution in [-0.2, 0) is 21.1 Å². The molecule has 2 rings (SSSR count). The third-order valence-electron chi connectivity index (χ3n) is 5.45. The molecule has 1 aromatic heterocycles. The van der Waals surface area contributed by atoms with E-state index in [0.717, 1.165) is 17.6 Å². The topological polar surface area (TPSA) is 131 Å². The first-order valence-electron chi connectivity index (χ1n) is 13.5. The number of aromatic nitrogens is 3. The molecular formula is C27H53MoN5O2S2. The molecule has 0 bridgehead atoms. The second-order valence-corrected chi connectivity index (χ2v) is 11.2. The molecule has 0 radical (unpaired) electrons. The molecule has 0 aliphatic rings. The molecule has 0 saturated heterocycles. The molecule has 0 unspecified atom stereocenters. The zero-order valence-corrected chi connectivity index (χ0v) is 27.1. The van der Waals surface area contributed by atoms with Crippen molar-refractivity contribution in [1.29, 1.82) is 0 Å². The van der Waals surface area contributed by atoms with Crippen LogP contribution in [0.4, 0.5) is 4.79 Å². The number of fused-ring (bicyclic) bond motifs is 1. The van der Waals surface area contributed by atoms with Gasteiger partial charge in [0.15, 0.2) is 0 Å². The number of aromatic amines is 1. The van der Waals surface area contributed by atoms with Gasteiger partial charge in [-0.25, -0.2) is 4.79 Å². The first-order chi connectivity index (χ1) is 17.5. The Labute approximate surface area is 248 Å². The molecular weight excluding hydrogens is 586 g/mol. The first kappa shape index (κ1) is 40.7. The van der Waals surface area contributed by atoms with Crippen molar-refractivity contribution in [2.45, 2.75) is 110 Å². The average Bonchev–Trinajstić information content (AvgIpc) is 3.36.